The van der Waals surface area contributed by atoms with Crippen molar-refractivity contribution in [1.82, 2.24) is 9.55 Å². The first kappa shape index (κ1) is 15.9. The maximum atomic E-state index is 13.3. The first-order valence-corrected chi connectivity index (χ1v) is 9.87. The molecule has 0 amide bonds. The topological polar surface area (TPSA) is 55.1 Å². The molecule has 0 spiro atoms. The second-order valence-electron chi connectivity index (χ2n) is 5.98. The minimum absolute atomic E-state index is 0.0173. The van der Waals surface area contributed by atoms with Crippen molar-refractivity contribution < 1.29 is 5.11 Å². The van der Waals surface area contributed by atoms with Crippen LogP contribution in [0, 0.1) is 6.92 Å². The SMILES string of the molecule is Cc1ccc(-n2c(SCCO)nc3sc4c(c3c2=O)CCC4)cc1. The summed E-state index contributed by atoms with van der Waals surface area (Å²) < 4.78 is 1.70. The lowest BCUT2D eigenvalue weighted by atomic mass is 10.2. The molecule has 2 aromatic heterocycles. The third-order valence-electron chi connectivity index (χ3n) is 4.32. The van der Waals surface area contributed by atoms with E-state index in [9.17, 15) is 9.90 Å². The highest BCUT2D eigenvalue weighted by Gasteiger charge is 2.23. The smallest absolute Gasteiger partial charge is 0.267 e. The molecule has 0 atom stereocenters. The minimum Gasteiger partial charge on any atom is -0.396 e. The van der Waals surface area contributed by atoms with Gasteiger partial charge in [0.15, 0.2) is 5.16 Å². The van der Waals surface area contributed by atoms with Gasteiger partial charge >= 0.3 is 0 Å². The first-order valence-electron chi connectivity index (χ1n) is 8.07. The number of fused-ring (bicyclic) bond motifs is 3. The van der Waals surface area contributed by atoms with Crippen LogP contribution in [-0.2, 0) is 12.8 Å². The average molecular weight is 358 g/mol. The summed E-state index contributed by atoms with van der Waals surface area (Å²) in [6.07, 6.45) is 3.16. The lowest BCUT2D eigenvalue weighted by Crippen LogP contribution is -2.22. The summed E-state index contributed by atoms with van der Waals surface area (Å²) in [5.74, 6) is 0.523. The zero-order valence-electron chi connectivity index (χ0n) is 13.4. The Morgan fingerprint density at radius 3 is 2.83 bits per heavy atom. The highest BCUT2D eigenvalue weighted by molar-refractivity contribution is 7.99. The zero-order valence-corrected chi connectivity index (χ0v) is 15.0. The third kappa shape index (κ3) is 2.59. The van der Waals surface area contributed by atoms with Crippen LogP contribution in [-0.4, -0.2) is 27.0 Å². The molecule has 1 aliphatic carbocycles. The number of aliphatic hydroxyl groups is 1. The largest absolute Gasteiger partial charge is 0.396 e. The molecule has 3 aromatic rings. The van der Waals surface area contributed by atoms with E-state index >= 15 is 0 Å². The van der Waals surface area contributed by atoms with Crippen LogP contribution in [0.15, 0.2) is 34.2 Å². The number of rotatable bonds is 4. The fourth-order valence-electron chi connectivity index (χ4n) is 3.18. The second kappa shape index (κ2) is 6.35. The standard InChI is InChI=1S/C18H18N2O2S2/c1-11-5-7-12(8-6-11)20-17(22)15-13-3-2-4-14(13)24-16(15)19-18(20)23-10-9-21/h5-8,21H,2-4,9-10H2,1H3. The van der Waals surface area contributed by atoms with Crippen LogP contribution in [0.5, 0.6) is 0 Å². The maximum Gasteiger partial charge on any atom is 0.267 e. The molecule has 0 aliphatic heterocycles. The molecular weight excluding hydrogens is 340 g/mol. The van der Waals surface area contributed by atoms with Crippen molar-refractivity contribution >= 4 is 33.3 Å². The van der Waals surface area contributed by atoms with Crippen LogP contribution in [0.25, 0.3) is 15.9 Å². The molecule has 0 saturated carbocycles. The van der Waals surface area contributed by atoms with Crippen molar-refractivity contribution in [2.45, 2.75) is 31.3 Å². The number of aromatic nitrogens is 2. The van der Waals surface area contributed by atoms with Crippen molar-refractivity contribution in [1.29, 1.82) is 0 Å². The predicted octanol–water partition coefficient (Wildman–Crippen LogP) is 3.33. The summed E-state index contributed by atoms with van der Waals surface area (Å²) in [5.41, 5.74) is 3.20. The summed E-state index contributed by atoms with van der Waals surface area (Å²) in [6.45, 7) is 2.09. The third-order valence-corrected chi connectivity index (χ3v) is 6.43. The predicted molar refractivity (Wildman–Crippen MR) is 99.8 cm³/mol. The normalized spacial score (nSPS) is 13.6. The Morgan fingerprint density at radius 2 is 2.08 bits per heavy atom. The van der Waals surface area contributed by atoms with E-state index in [1.807, 2.05) is 31.2 Å². The molecule has 1 N–H and O–H groups in total. The molecule has 0 radical (unpaired) electrons. The van der Waals surface area contributed by atoms with E-state index in [0.717, 1.165) is 40.7 Å². The van der Waals surface area contributed by atoms with Crippen LogP contribution >= 0.6 is 23.1 Å². The van der Waals surface area contributed by atoms with E-state index in [-0.39, 0.29) is 12.2 Å². The molecule has 0 saturated heterocycles. The molecule has 0 bridgehead atoms. The Kier molecular flexibility index (Phi) is 4.20. The van der Waals surface area contributed by atoms with Crippen molar-refractivity contribution in [2.24, 2.45) is 0 Å². The van der Waals surface area contributed by atoms with Crippen molar-refractivity contribution in [2.75, 3.05) is 12.4 Å². The van der Waals surface area contributed by atoms with Gasteiger partial charge in [0.25, 0.3) is 5.56 Å². The minimum atomic E-state index is 0.0173. The van der Waals surface area contributed by atoms with Gasteiger partial charge in [-0.15, -0.1) is 11.3 Å². The molecule has 124 valence electrons. The number of hydrogen-bond acceptors (Lipinski definition) is 5. The van der Waals surface area contributed by atoms with Gasteiger partial charge in [0.2, 0.25) is 0 Å². The number of hydrogen-bond donors (Lipinski definition) is 1. The first-order chi connectivity index (χ1) is 11.7. The number of aliphatic hydroxyl groups excluding tert-OH is 1. The Bertz CT molecular complexity index is 958. The Hall–Kier alpha value is -1.63. The number of aryl methyl sites for hydroxylation is 3. The molecule has 24 heavy (non-hydrogen) atoms. The monoisotopic (exact) mass is 358 g/mol. The van der Waals surface area contributed by atoms with E-state index < -0.39 is 0 Å². The molecule has 6 heteroatoms. The lowest BCUT2D eigenvalue weighted by molar-refractivity contribution is 0.322. The molecule has 2 heterocycles. The van der Waals surface area contributed by atoms with E-state index in [0.29, 0.717) is 10.9 Å². The second-order valence-corrected chi connectivity index (χ2v) is 8.13. The summed E-state index contributed by atoms with van der Waals surface area (Å²) in [4.78, 5) is 20.2. The van der Waals surface area contributed by atoms with Crippen molar-refractivity contribution in [3.63, 3.8) is 0 Å². The van der Waals surface area contributed by atoms with Crippen LogP contribution in [0.2, 0.25) is 0 Å². The quantitative estimate of drug-likeness (QED) is 0.574. The van der Waals surface area contributed by atoms with Crippen LogP contribution < -0.4 is 5.56 Å². The zero-order chi connectivity index (χ0) is 16.7. The molecule has 0 fully saturated rings. The van der Waals surface area contributed by atoms with E-state index in [1.54, 1.807) is 15.9 Å². The number of nitrogens with zero attached hydrogens (tertiary/aromatic N) is 2. The summed E-state index contributed by atoms with van der Waals surface area (Å²) >= 11 is 3.08. The highest BCUT2D eigenvalue weighted by Crippen LogP contribution is 2.36. The average Bonchev–Trinajstić information content (AvgIpc) is 3.14. The van der Waals surface area contributed by atoms with Crippen LogP contribution in [0.1, 0.15) is 22.4 Å². The fraction of sp³-hybridized carbons (Fsp3) is 0.333. The molecule has 0 unspecified atom stereocenters. The van der Waals surface area contributed by atoms with Gasteiger partial charge in [-0.2, -0.15) is 0 Å². The lowest BCUT2D eigenvalue weighted by Gasteiger charge is -2.12. The molecular formula is C18H18N2O2S2. The van der Waals surface area contributed by atoms with E-state index in [2.05, 4.69) is 0 Å². The summed E-state index contributed by atoms with van der Waals surface area (Å²) in [5, 5.41) is 10.6. The molecule has 4 nitrogen and oxygen atoms in total. The molecule has 1 aromatic carbocycles. The number of thioether (sulfide) groups is 1. The molecule has 1 aliphatic rings. The number of thiophene rings is 1. The summed E-state index contributed by atoms with van der Waals surface area (Å²) in [6, 6.07) is 7.93. The highest BCUT2D eigenvalue weighted by atomic mass is 32.2. The maximum absolute atomic E-state index is 13.3. The van der Waals surface area contributed by atoms with Crippen molar-refractivity contribution in [3.05, 3.63) is 50.6 Å². The van der Waals surface area contributed by atoms with Gasteiger partial charge in [-0.05, 0) is 43.9 Å². The van der Waals surface area contributed by atoms with Gasteiger partial charge in [-0.25, -0.2) is 4.98 Å². The Labute approximate surface area is 148 Å². The van der Waals surface area contributed by atoms with Gasteiger partial charge < -0.3 is 5.11 Å². The van der Waals surface area contributed by atoms with Crippen LogP contribution in [0.4, 0.5) is 0 Å². The fourth-order valence-corrected chi connectivity index (χ4v) is 5.24. The van der Waals surface area contributed by atoms with Gasteiger partial charge in [0.05, 0.1) is 17.7 Å². The van der Waals surface area contributed by atoms with Crippen LogP contribution in [0.3, 0.4) is 0 Å². The van der Waals surface area contributed by atoms with Crippen molar-refractivity contribution in [3.8, 4) is 5.69 Å². The van der Waals surface area contributed by atoms with Gasteiger partial charge in [0, 0.05) is 10.6 Å². The van der Waals surface area contributed by atoms with Gasteiger partial charge in [-0.3, -0.25) is 9.36 Å². The summed E-state index contributed by atoms with van der Waals surface area (Å²) in [7, 11) is 0. The van der Waals surface area contributed by atoms with E-state index in [1.165, 1.54) is 22.2 Å². The number of benzene rings is 1. The molecule has 4 rings (SSSR count). The van der Waals surface area contributed by atoms with Gasteiger partial charge in [-0.1, -0.05) is 29.5 Å². The van der Waals surface area contributed by atoms with Gasteiger partial charge in [0.1, 0.15) is 4.83 Å². The van der Waals surface area contributed by atoms with E-state index in [4.69, 9.17) is 4.98 Å². The Balaban J connectivity index is 1.99. The Morgan fingerprint density at radius 1 is 1.29 bits per heavy atom.